The summed E-state index contributed by atoms with van der Waals surface area (Å²) in [7, 11) is 4.19. The third-order valence-electron chi connectivity index (χ3n) is 4.50. The molecule has 3 rings (SSSR count). The summed E-state index contributed by atoms with van der Waals surface area (Å²) in [6.07, 6.45) is 0.864. The van der Waals surface area contributed by atoms with Crippen molar-refractivity contribution in [3.63, 3.8) is 0 Å². The lowest BCUT2D eigenvalue weighted by molar-refractivity contribution is -0.858. The van der Waals surface area contributed by atoms with Crippen LogP contribution < -0.4 is 9.80 Å². The molecule has 0 aliphatic carbocycles. The number of carbonyl (C=O) groups is 1. The first-order valence-electron chi connectivity index (χ1n) is 9.09. The molecule has 0 fully saturated rings. The highest BCUT2D eigenvalue weighted by atomic mass is 32.1. The molecule has 1 heterocycles. The Balaban J connectivity index is 1.98. The van der Waals surface area contributed by atoms with Gasteiger partial charge in [-0.15, -0.1) is 0 Å². The van der Waals surface area contributed by atoms with Gasteiger partial charge in [0.15, 0.2) is 5.13 Å². The van der Waals surface area contributed by atoms with E-state index in [9.17, 15) is 9.18 Å². The van der Waals surface area contributed by atoms with Crippen molar-refractivity contribution in [3.05, 3.63) is 58.9 Å². The van der Waals surface area contributed by atoms with Crippen LogP contribution in [0.1, 0.15) is 27.9 Å². The highest BCUT2D eigenvalue weighted by Crippen LogP contribution is 2.30. The van der Waals surface area contributed by atoms with Crippen LogP contribution in [0.15, 0.2) is 36.4 Å². The van der Waals surface area contributed by atoms with Gasteiger partial charge in [-0.3, -0.25) is 9.69 Å². The van der Waals surface area contributed by atoms with E-state index in [-0.39, 0.29) is 11.7 Å². The Morgan fingerprint density at radius 3 is 2.70 bits per heavy atom. The smallest absolute Gasteiger partial charge is 0.260 e. The zero-order valence-corrected chi connectivity index (χ0v) is 17.0. The van der Waals surface area contributed by atoms with Crippen molar-refractivity contribution in [3.8, 4) is 0 Å². The van der Waals surface area contributed by atoms with E-state index in [0.717, 1.165) is 28.8 Å². The van der Waals surface area contributed by atoms with Crippen molar-refractivity contribution in [1.29, 1.82) is 0 Å². The Hall–Kier alpha value is -2.31. The number of rotatable bonds is 6. The predicted molar refractivity (Wildman–Crippen MR) is 109 cm³/mol. The minimum Gasteiger partial charge on any atom is -0.340 e. The summed E-state index contributed by atoms with van der Waals surface area (Å²) < 4.78 is 14.3. The molecule has 0 saturated heterocycles. The summed E-state index contributed by atoms with van der Waals surface area (Å²) in [4.78, 5) is 21.0. The topological polar surface area (TPSA) is 37.6 Å². The number of hydrogen-bond donors (Lipinski definition) is 1. The fourth-order valence-electron chi connectivity index (χ4n) is 2.99. The van der Waals surface area contributed by atoms with Gasteiger partial charge in [0, 0.05) is 18.5 Å². The number of nitrogens with zero attached hydrogens (tertiary/aromatic N) is 2. The van der Waals surface area contributed by atoms with Crippen LogP contribution in [0.2, 0.25) is 0 Å². The van der Waals surface area contributed by atoms with Gasteiger partial charge in [-0.1, -0.05) is 29.0 Å². The van der Waals surface area contributed by atoms with E-state index in [4.69, 9.17) is 0 Å². The Kier molecular flexibility index (Phi) is 5.87. The van der Waals surface area contributed by atoms with Crippen LogP contribution in [0.4, 0.5) is 9.52 Å². The SMILES string of the molecule is Cc1ccc(C)c(C(=O)N(CCC[NH+](C)C)c2nc3ccc(F)cc3s2)c1. The molecule has 1 amide bonds. The monoisotopic (exact) mass is 386 g/mol. The predicted octanol–water partition coefficient (Wildman–Crippen LogP) is 3.23. The zero-order chi connectivity index (χ0) is 19.6. The maximum Gasteiger partial charge on any atom is 0.260 e. The second-order valence-corrected chi connectivity index (χ2v) is 8.20. The van der Waals surface area contributed by atoms with Crippen molar-refractivity contribution in [2.45, 2.75) is 20.3 Å². The lowest BCUT2D eigenvalue weighted by Crippen LogP contribution is -3.05. The molecule has 0 spiro atoms. The number of nitrogens with one attached hydrogen (secondary N) is 1. The van der Waals surface area contributed by atoms with Crippen molar-refractivity contribution in [2.75, 3.05) is 32.1 Å². The molecule has 0 atom stereocenters. The summed E-state index contributed by atoms with van der Waals surface area (Å²) in [5.41, 5.74) is 3.40. The minimum absolute atomic E-state index is 0.0514. The van der Waals surface area contributed by atoms with E-state index < -0.39 is 0 Å². The molecule has 0 aliphatic heterocycles. The second kappa shape index (κ2) is 8.15. The Morgan fingerprint density at radius 2 is 1.96 bits per heavy atom. The molecule has 0 bridgehead atoms. The fraction of sp³-hybridized carbons (Fsp3) is 0.333. The quantitative estimate of drug-likeness (QED) is 0.706. The average Bonchev–Trinajstić information content (AvgIpc) is 3.02. The van der Waals surface area contributed by atoms with Crippen LogP contribution in [-0.2, 0) is 0 Å². The molecule has 6 heteroatoms. The molecule has 0 saturated carbocycles. The lowest BCUT2D eigenvalue weighted by atomic mass is 10.0. The summed E-state index contributed by atoms with van der Waals surface area (Å²) in [6, 6.07) is 10.4. The number of amides is 1. The van der Waals surface area contributed by atoms with E-state index in [0.29, 0.717) is 22.8 Å². The molecule has 1 aromatic heterocycles. The molecule has 0 unspecified atom stereocenters. The maximum atomic E-state index is 13.6. The summed E-state index contributed by atoms with van der Waals surface area (Å²) >= 11 is 1.36. The number of quaternary nitrogens is 1. The molecule has 0 radical (unpaired) electrons. The van der Waals surface area contributed by atoms with Crippen molar-refractivity contribution in [1.82, 2.24) is 4.98 Å². The summed E-state index contributed by atoms with van der Waals surface area (Å²) in [6.45, 7) is 5.47. The highest BCUT2D eigenvalue weighted by Gasteiger charge is 2.23. The number of anilines is 1. The van der Waals surface area contributed by atoms with Crippen LogP contribution in [-0.4, -0.2) is 38.1 Å². The number of thiazole rings is 1. The van der Waals surface area contributed by atoms with Gasteiger partial charge in [0.05, 0.1) is 30.9 Å². The second-order valence-electron chi connectivity index (χ2n) is 7.19. The summed E-state index contributed by atoms with van der Waals surface area (Å²) in [5.74, 6) is -0.342. The maximum absolute atomic E-state index is 13.6. The standard InChI is InChI=1S/C21H24FN3OS/c1-14-6-7-15(2)17(12-14)20(26)25(11-5-10-24(3)4)21-23-18-9-8-16(22)13-19(18)27-21/h6-9,12-13H,5,10-11H2,1-4H3/p+1. The van der Waals surface area contributed by atoms with Gasteiger partial charge >= 0.3 is 0 Å². The van der Waals surface area contributed by atoms with E-state index in [1.165, 1.54) is 28.4 Å². The first kappa shape index (κ1) is 19.5. The van der Waals surface area contributed by atoms with Gasteiger partial charge in [0.25, 0.3) is 5.91 Å². The van der Waals surface area contributed by atoms with E-state index in [2.05, 4.69) is 19.1 Å². The number of benzene rings is 2. The largest absolute Gasteiger partial charge is 0.340 e. The van der Waals surface area contributed by atoms with Crippen LogP contribution in [0.5, 0.6) is 0 Å². The fourth-order valence-corrected chi connectivity index (χ4v) is 4.00. The van der Waals surface area contributed by atoms with Crippen LogP contribution in [0.25, 0.3) is 10.2 Å². The Labute approximate surface area is 163 Å². The molecule has 2 aromatic carbocycles. The Morgan fingerprint density at radius 1 is 1.19 bits per heavy atom. The van der Waals surface area contributed by atoms with Gasteiger partial charge < -0.3 is 4.90 Å². The van der Waals surface area contributed by atoms with Crippen LogP contribution in [0, 0.1) is 19.7 Å². The number of carbonyl (C=O) groups excluding carboxylic acids is 1. The highest BCUT2D eigenvalue weighted by molar-refractivity contribution is 7.22. The lowest BCUT2D eigenvalue weighted by Gasteiger charge is -2.21. The van der Waals surface area contributed by atoms with Gasteiger partial charge in [0.2, 0.25) is 0 Å². The summed E-state index contributed by atoms with van der Waals surface area (Å²) in [5, 5.41) is 0.621. The van der Waals surface area contributed by atoms with Crippen molar-refractivity contribution >= 4 is 32.6 Å². The third-order valence-corrected chi connectivity index (χ3v) is 5.54. The van der Waals surface area contributed by atoms with Gasteiger partial charge in [-0.25, -0.2) is 9.37 Å². The molecule has 27 heavy (non-hydrogen) atoms. The first-order valence-corrected chi connectivity index (χ1v) is 9.91. The van der Waals surface area contributed by atoms with Crippen molar-refractivity contribution in [2.24, 2.45) is 0 Å². The zero-order valence-electron chi connectivity index (χ0n) is 16.2. The number of halogens is 1. The minimum atomic E-state index is -0.290. The molecule has 142 valence electrons. The van der Waals surface area contributed by atoms with Crippen molar-refractivity contribution < 1.29 is 14.1 Å². The van der Waals surface area contributed by atoms with Crippen LogP contribution >= 0.6 is 11.3 Å². The van der Waals surface area contributed by atoms with E-state index >= 15 is 0 Å². The third kappa shape index (κ3) is 4.51. The molecule has 0 aliphatic rings. The normalized spacial score (nSPS) is 11.3. The molecule has 1 N–H and O–H groups in total. The van der Waals surface area contributed by atoms with E-state index in [1.54, 1.807) is 11.0 Å². The van der Waals surface area contributed by atoms with E-state index in [1.807, 2.05) is 32.0 Å². The molecule has 3 aromatic rings. The first-order chi connectivity index (χ1) is 12.8. The van der Waals surface area contributed by atoms with Crippen LogP contribution in [0.3, 0.4) is 0 Å². The number of hydrogen-bond acceptors (Lipinski definition) is 3. The van der Waals surface area contributed by atoms with Gasteiger partial charge in [0.1, 0.15) is 5.82 Å². The molecular weight excluding hydrogens is 361 g/mol. The number of aromatic nitrogens is 1. The average molecular weight is 387 g/mol. The molecular formula is C21H25FN3OS+. The number of fused-ring (bicyclic) bond motifs is 1. The van der Waals surface area contributed by atoms with Gasteiger partial charge in [-0.2, -0.15) is 0 Å². The van der Waals surface area contributed by atoms with Gasteiger partial charge in [-0.05, 0) is 43.7 Å². The number of aryl methyl sites for hydroxylation is 2. The molecule has 4 nitrogen and oxygen atoms in total. The Bertz CT molecular complexity index is 967.